The lowest BCUT2D eigenvalue weighted by atomic mass is 10.2. The number of anilines is 1. The van der Waals surface area contributed by atoms with Crippen LogP contribution in [0.2, 0.25) is 0 Å². The lowest BCUT2D eigenvalue weighted by molar-refractivity contribution is -0.115. The first-order chi connectivity index (χ1) is 14.3. The van der Waals surface area contributed by atoms with E-state index in [0.717, 1.165) is 4.31 Å². The summed E-state index contributed by atoms with van der Waals surface area (Å²) in [5.41, 5.74) is 1.46. The van der Waals surface area contributed by atoms with Gasteiger partial charge < -0.3 is 10.6 Å². The summed E-state index contributed by atoms with van der Waals surface area (Å²) < 4.78 is 25.5. The van der Waals surface area contributed by atoms with Crippen LogP contribution in [-0.2, 0) is 14.8 Å². The third kappa shape index (κ3) is 5.06. The Kier molecular flexibility index (Phi) is 6.55. The molecular weight excluding hydrogens is 426 g/mol. The molecule has 0 aliphatic carbocycles. The van der Waals surface area contributed by atoms with Gasteiger partial charge in [0, 0.05) is 31.2 Å². The van der Waals surface area contributed by atoms with Gasteiger partial charge in [-0.3, -0.25) is 14.6 Å². The van der Waals surface area contributed by atoms with Gasteiger partial charge in [0.05, 0.1) is 17.1 Å². The number of pyridine rings is 1. The van der Waals surface area contributed by atoms with Crippen LogP contribution in [-0.4, -0.2) is 55.1 Å². The molecule has 3 aromatic rings. The van der Waals surface area contributed by atoms with E-state index in [1.807, 2.05) is 12.1 Å². The standard InChI is InChI=1S/C19H19N5O4S2/c1-24(2)30(27,28)14-7-5-6-13(10-14)18(26)21-11-17(25)23-19-22-16(12-29-19)15-8-3-4-9-20-15/h3-10,12H,11H2,1-2H3,(H,21,26)(H,22,23,25). The van der Waals surface area contributed by atoms with Crippen LogP contribution in [0.25, 0.3) is 11.4 Å². The lowest BCUT2D eigenvalue weighted by Gasteiger charge is -2.12. The van der Waals surface area contributed by atoms with Crippen molar-refractivity contribution in [2.75, 3.05) is 26.0 Å². The number of aromatic nitrogens is 2. The molecule has 0 atom stereocenters. The van der Waals surface area contributed by atoms with E-state index in [-0.39, 0.29) is 17.0 Å². The van der Waals surface area contributed by atoms with E-state index in [2.05, 4.69) is 20.6 Å². The zero-order chi connectivity index (χ0) is 21.7. The predicted octanol–water partition coefficient (Wildman–Crippen LogP) is 1.82. The van der Waals surface area contributed by atoms with Gasteiger partial charge in [-0.05, 0) is 30.3 Å². The van der Waals surface area contributed by atoms with Crippen LogP contribution in [0.1, 0.15) is 10.4 Å². The molecule has 0 saturated carbocycles. The number of hydrogen-bond acceptors (Lipinski definition) is 7. The van der Waals surface area contributed by atoms with Crippen molar-refractivity contribution in [2.24, 2.45) is 0 Å². The van der Waals surface area contributed by atoms with E-state index in [9.17, 15) is 18.0 Å². The second-order valence-electron chi connectivity index (χ2n) is 6.30. The van der Waals surface area contributed by atoms with Gasteiger partial charge in [0.25, 0.3) is 5.91 Å². The fraction of sp³-hybridized carbons (Fsp3) is 0.158. The van der Waals surface area contributed by atoms with Gasteiger partial charge in [-0.2, -0.15) is 0 Å². The molecule has 1 aromatic carbocycles. The Hall–Kier alpha value is -3.15. The minimum atomic E-state index is -3.66. The van der Waals surface area contributed by atoms with Crippen LogP contribution in [0.15, 0.2) is 58.9 Å². The number of thiazole rings is 1. The number of rotatable bonds is 7. The number of nitrogens with one attached hydrogen (secondary N) is 2. The smallest absolute Gasteiger partial charge is 0.251 e. The van der Waals surface area contributed by atoms with Crippen molar-refractivity contribution >= 4 is 38.3 Å². The molecule has 30 heavy (non-hydrogen) atoms. The normalized spacial score (nSPS) is 11.3. The van der Waals surface area contributed by atoms with Gasteiger partial charge in [-0.25, -0.2) is 17.7 Å². The van der Waals surface area contributed by atoms with Crippen LogP contribution in [0.3, 0.4) is 0 Å². The monoisotopic (exact) mass is 445 g/mol. The molecule has 0 aliphatic rings. The Balaban J connectivity index is 1.59. The molecule has 2 heterocycles. The third-order valence-corrected chi connectivity index (χ3v) is 6.53. The summed E-state index contributed by atoms with van der Waals surface area (Å²) in [6.45, 7) is -0.290. The average molecular weight is 446 g/mol. The Morgan fingerprint density at radius 2 is 1.90 bits per heavy atom. The van der Waals surface area contributed by atoms with Crippen LogP contribution >= 0.6 is 11.3 Å². The number of benzene rings is 1. The highest BCUT2D eigenvalue weighted by molar-refractivity contribution is 7.89. The Labute approximate surface area is 177 Å². The fourth-order valence-electron chi connectivity index (χ4n) is 2.40. The van der Waals surface area contributed by atoms with Crippen LogP contribution in [0, 0.1) is 0 Å². The van der Waals surface area contributed by atoms with Gasteiger partial charge in [-0.15, -0.1) is 11.3 Å². The molecular formula is C19H19N5O4S2. The molecule has 9 nitrogen and oxygen atoms in total. The minimum absolute atomic E-state index is 0.00515. The van der Waals surface area contributed by atoms with Gasteiger partial charge in [0.2, 0.25) is 15.9 Å². The average Bonchev–Trinajstić information content (AvgIpc) is 3.21. The van der Waals surface area contributed by atoms with Gasteiger partial charge in [0.15, 0.2) is 5.13 Å². The maximum absolute atomic E-state index is 12.3. The highest BCUT2D eigenvalue weighted by Crippen LogP contribution is 2.23. The van der Waals surface area contributed by atoms with Crippen LogP contribution in [0.5, 0.6) is 0 Å². The second kappa shape index (κ2) is 9.11. The Bertz CT molecular complexity index is 1160. The summed E-state index contributed by atoms with van der Waals surface area (Å²) in [6, 6.07) is 11.1. The summed E-state index contributed by atoms with van der Waals surface area (Å²) in [5, 5.41) is 7.24. The number of hydrogen-bond donors (Lipinski definition) is 2. The van der Waals surface area contributed by atoms with E-state index >= 15 is 0 Å². The molecule has 2 aromatic heterocycles. The second-order valence-corrected chi connectivity index (χ2v) is 9.31. The largest absolute Gasteiger partial charge is 0.343 e. The van der Waals surface area contributed by atoms with Crippen molar-refractivity contribution in [1.82, 2.24) is 19.6 Å². The molecule has 2 amide bonds. The highest BCUT2D eigenvalue weighted by atomic mass is 32.2. The summed E-state index contributed by atoms with van der Waals surface area (Å²) >= 11 is 1.24. The van der Waals surface area contributed by atoms with Crippen molar-refractivity contribution in [1.29, 1.82) is 0 Å². The zero-order valence-electron chi connectivity index (χ0n) is 16.2. The van der Waals surface area contributed by atoms with Crippen molar-refractivity contribution < 1.29 is 18.0 Å². The molecule has 0 saturated heterocycles. The quantitative estimate of drug-likeness (QED) is 0.572. The molecule has 2 N–H and O–H groups in total. The molecule has 0 bridgehead atoms. The lowest BCUT2D eigenvalue weighted by Crippen LogP contribution is -2.33. The topological polar surface area (TPSA) is 121 Å². The van der Waals surface area contributed by atoms with E-state index in [1.165, 1.54) is 49.7 Å². The van der Waals surface area contributed by atoms with Crippen molar-refractivity contribution in [3.63, 3.8) is 0 Å². The summed E-state index contributed by atoms with van der Waals surface area (Å²) in [6.07, 6.45) is 1.65. The van der Waals surface area contributed by atoms with E-state index in [0.29, 0.717) is 16.5 Å². The molecule has 0 fully saturated rings. The van der Waals surface area contributed by atoms with Crippen LogP contribution in [0.4, 0.5) is 5.13 Å². The van der Waals surface area contributed by atoms with Crippen molar-refractivity contribution in [2.45, 2.75) is 4.90 Å². The molecule has 3 rings (SSSR count). The maximum atomic E-state index is 12.3. The molecule has 0 aliphatic heterocycles. The number of sulfonamides is 1. The molecule has 11 heteroatoms. The van der Waals surface area contributed by atoms with E-state index < -0.39 is 21.8 Å². The summed E-state index contributed by atoms with van der Waals surface area (Å²) in [7, 11) is -0.849. The zero-order valence-corrected chi connectivity index (χ0v) is 17.8. The SMILES string of the molecule is CN(C)S(=O)(=O)c1cccc(C(=O)NCC(=O)Nc2nc(-c3ccccn3)cs2)c1. The van der Waals surface area contributed by atoms with Crippen molar-refractivity contribution in [3.05, 3.63) is 59.6 Å². The predicted molar refractivity (Wildman–Crippen MR) is 114 cm³/mol. The first kappa shape index (κ1) is 21.6. The Morgan fingerprint density at radius 3 is 2.60 bits per heavy atom. The number of amides is 2. The van der Waals surface area contributed by atoms with Gasteiger partial charge in [0.1, 0.15) is 5.69 Å². The maximum Gasteiger partial charge on any atom is 0.251 e. The Morgan fingerprint density at radius 1 is 1.10 bits per heavy atom. The molecule has 0 radical (unpaired) electrons. The third-order valence-electron chi connectivity index (χ3n) is 3.96. The van der Waals surface area contributed by atoms with Crippen molar-refractivity contribution in [3.8, 4) is 11.4 Å². The summed E-state index contributed by atoms with van der Waals surface area (Å²) in [4.78, 5) is 32.9. The molecule has 156 valence electrons. The minimum Gasteiger partial charge on any atom is -0.343 e. The number of carbonyl (C=O) groups is 2. The van der Waals surface area contributed by atoms with Crippen LogP contribution < -0.4 is 10.6 Å². The highest BCUT2D eigenvalue weighted by Gasteiger charge is 2.19. The van der Waals surface area contributed by atoms with E-state index in [4.69, 9.17) is 0 Å². The number of nitrogens with zero attached hydrogens (tertiary/aromatic N) is 3. The van der Waals surface area contributed by atoms with Gasteiger partial charge >= 0.3 is 0 Å². The first-order valence-corrected chi connectivity index (χ1v) is 11.1. The molecule has 0 spiro atoms. The van der Waals surface area contributed by atoms with E-state index in [1.54, 1.807) is 17.6 Å². The van der Waals surface area contributed by atoms with Gasteiger partial charge in [-0.1, -0.05) is 12.1 Å². The first-order valence-electron chi connectivity index (χ1n) is 8.75. The number of carbonyl (C=O) groups excluding carboxylic acids is 2. The summed E-state index contributed by atoms with van der Waals surface area (Å²) in [5.74, 6) is -1.02. The fourth-order valence-corrected chi connectivity index (χ4v) is 4.07. The molecule has 0 unspecified atom stereocenters.